The molecule has 0 atom stereocenters. The molecule has 30 heavy (non-hydrogen) atoms. The minimum absolute atomic E-state index is 0.479. The zero-order valence-corrected chi connectivity index (χ0v) is 16.7. The highest BCUT2D eigenvalue weighted by molar-refractivity contribution is 5.88. The molecule has 5 aromatic rings. The van der Waals surface area contributed by atoms with E-state index < -0.39 is 0 Å². The van der Waals surface area contributed by atoms with Crippen molar-refractivity contribution in [3.8, 4) is 22.9 Å². The average molecular weight is 400 g/mol. The predicted molar refractivity (Wildman–Crippen MR) is 112 cm³/mol. The van der Waals surface area contributed by atoms with E-state index in [0.29, 0.717) is 19.0 Å². The largest absolute Gasteiger partial charge is 0.494 e. The van der Waals surface area contributed by atoms with E-state index in [2.05, 4.69) is 20.2 Å². The van der Waals surface area contributed by atoms with Crippen LogP contribution in [0.3, 0.4) is 0 Å². The van der Waals surface area contributed by atoms with E-state index in [1.54, 1.807) is 21.7 Å². The van der Waals surface area contributed by atoms with E-state index in [0.717, 1.165) is 39.3 Å². The van der Waals surface area contributed by atoms with E-state index in [1.165, 1.54) is 0 Å². The van der Waals surface area contributed by atoms with Crippen LogP contribution in [-0.2, 0) is 13.7 Å². The highest BCUT2D eigenvalue weighted by atomic mass is 16.5. The highest BCUT2D eigenvalue weighted by Crippen LogP contribution is 2.22. The van der Waals surface area contributed by atoms with Crippen molar-refractivity contribution in [3.63, 3.8) is 0 Å². The zero-order valence-electron chi connectivity index (χ0n) is 16.7. The second kappa shape index (κ2) is 7.47. The second-order valence-corrected chi connectivity index (χ2v) is 6.84. The Morgan fingerprint density at radius 1 is 0.900 bits per heavy atom. The molecule has 0 N–H and O–H groups in total. The SMILES string of the molecule is CCOc1ccc(OCc2ccc(-c3nc4c5cnn(C)c5ncn4n3)cc2)cc1. The molecule has 5 rings (SSSR count). The lowest BCUT2D eigenvalue weighted by Crippen LogP contribution is -1.96. The molecular weight excluding hydrogens is 380 g/mol. The summed E-state index contributed by atoms with van der Waals surface area (Å²) < 4.78 is 14.7. The summed E-state index contributed by atoms with van der Waals surface area (Å²) in [5.74, 6) is 2.29. The lowest BCUT2D eigenvalue weighted by molar-refractivity contribution is 0.304. The van der Waals surface area contributed by atoms with E-state index in [-0.39, 0.29) is 0 Å². The van der Waals surface area contributed by atoms with Crippen molar-refractivity contribution in [2.45, 2.75) is 13.5 Å². The van der Waals surface area contributed by atoms with Gasteiger partial charge in [0.25, 0.3) is 0 Å². The van der Waals surface area contributed by atoms with Crippen molar-refractivity contribution in [3.05, 3.63) is 66.6 Å². The third-order valence-corrected chi connectivity index (χ3v) is 4.82. The minimum Gasteiger partial charge on any atom is -0.494 e. The van der Waals surface area contributed by atoms with Gasteiger partial charge in [-0.05, 0) is 36.8 Å². The third-order valence-electron chi connectivity index (χ3n) is 4.82. The first-order valence-electron chi connectivity index (χ1n) is 9.69. The van der Waals surface area contributed by atoms with Crippen molar-refractivity contribution < 1.29 is 9.47 Å². The van der Waals surface area contributed by atoms with Crippen LogP contribution in [0, 0.1) is 0 Å². The smallest absolute Gasteiger partial charge is 0.182 e. The first kappa shape index (κ1) is 18.1. The van der Waals surface area contributed by atoms with Crippen molar-refractivity contribution in [1.29, 1.82) is 0 Å². The van der Waals surface area contributed by atoms with Crippen LogP contribution < -0.4 is 9.47 Å². The summed E-state index contributed by atoms with van der Waals surface area (Å²) >= 11 is 0. The summed E-state index contributed by atoms with van der Waals surface area (Å²) in [5, 5.41) is 9.68. The molecule has 0 spiro atoms. The molecule has 0 saturated carbocycles. The number of ether oxygens (including phenoxy) is 2. The van der Waals surface area contributed by atoms with Gasteiger partial charge in [-0.25, -0.2) is 14.5 Å². The Kier molecular flexibility index (Phi) is 4.51. The van der Waals surface area contributed by atoms with Crippen LogP contribution in [0.1, 0.15) is 12.5 Å². The fourth-order valence-corrected chi connectivity index (χ4v) is 3.28. The molecule has 2 aromatic carbocycles. The van der Waals surface area contributed by atoms with Crippen molar-refractivity contribution >= 4 is 16.7 Å². The van der Waals surface area contributed by atoms with Crippen LogP contribution in [0.15, 0.2) is 61.1 Å². The summed E-state index contributed by atoms with van der Waals surface area (Å²) in [6.07, 6.45) is 3.42. The summed E-state index contributed by atoms with van der Waals surface area (Å²) in [4.78, 5) is 9.08. The molecule has 0 aliphatic rings. The number of nitrogens with zero attached hydrogens (tertiary/aromatic N) is 6. The fourth-order valence-electron chi connectivity index (χ4n) is 3.28. The number of aryl methyl sites for hydroxylation is 1. The van der Waals surface area contributed by atoms with Gasteiger partial charge in [0, 0.05) is 12.6 Å². The third kappa shape index (κ3) is 3.32. The quantitative estimate of drug-likeness (QED) is 0.433. The van der Waals surface area contributed by atoms with E-state index in [1.807, 2.05) is 62.5 Å². The predicted octanol–water partition coefficient (Wildman–Crippen LogP) is 3.66. The number of hydrogen-bond donors (Lipinski definition) is 0. The summed E-state index contributed by atoms with van der Waals surface area (Å²) in [6.45, 7) is 3.09. The molecule has 0 aliphatic heterocycles. The molecule has 0 aliphatic carbocycles. The molecular formula is C22H20N6O2. The van der Waals surface area contributed by atoms with Gasteiger partial charge in [0.2, 0.25) is 0 Å². The summed E-state index contributed by atoms with van der Waals surface area (Å²) in [5.41, 5.74) is 3.52. The molecule has 0 amide bonds. The maximum absolute atomic E-state index is 5.86. The number of benzene rings is 2. The average Bonchev–Trinajstić information content (AvgIpc) is 3.37. The molecule has 8 nitrogen and oxygen atoms in total. The maximum atomic E-state index is 5.86. The zero-order chi connectivity index (χ0) is 20.5. The Morgan fingerprint density at radius 3 is 2.37 bits per heavy atom. The van der Waals surface area contributed by atoms with Crippen LogP contribution in [0.5, 0.6) is 11.5 Å². The van der Waals surface area contributed by atoms with Gasteiger partial charge >= 0.3 is 0 Å². The van der Waals surface area contributed by atoms with Crippen molar-refractivity contribution in [2.24, 2.45) is 7.05 Å². The Hall–Kier alpha value is -3.94. The van der Waals surface area contributed by atoms with Gasteiger partial charge in [-0.2, -0.15) is 5.10 Å². The maximum Gasteiger partial charge on any atom is 0.182 e. The van der Waals surface area contributed by atoms with Crippen molar-refractivity contribution in [1.82, 2.24) is 29.4 Å². The summed E-state index contributed by atoms with van der Waals surface area (Å²) in [6, 6.07) is 15.7. The van der Waals surface area contributed by atoms with Crippen LogP contribution in [0.25, 0.3) is 28.1 Å². The molecule has 0 radical (unpaired) electrons. The van der Waals surface area contributed by atoms with Crippen LogP contribution in [-0.4, -0.2) is 36.0 Å². The van der Waals surface area contributed by atoms with Gasteiger partial charge in [-0.15, -0.1) is 5.10 Å². The number of aromatic nitrogens is 6. The lowest BCUT2D eigenvalue weighted by Gasteiger charge is -2.08. The Balaban J connectivity index is 1.32. The molecule has 0 fully saturated rings. The molecule has 0 saturated heterocycles. The van der Waals surface area contributed by atoms with Crippen LogP contribution in [0.2, 0.25) is 0 Å². The molecule has 150 valence electrons. The number of fused-ring (bicyclic) bond motifs is 3. The molecule has 3 heterocycles. The lowest BCUT2D eigenvalue weighted by atomic mass is 10.1. The van der Waals surface area contributed by atoms with Gasteiger partial charge < -0.3 is 9.47 Å². The van der Waals surface area contributed by atoms with Gasteiger partial charge in [0.15, 0.2) is 17.1 Å². The normalized spacial score (nSPS) is 11.3. The Morgan fingerprint density at radius 2 is 1.63 bits per heavy atom. The second-order valence-electron chi connectivity index (χ2n) is 6.84. The van der Waals surface area contributed by atoms with Crippen LogP contribution >= 0.6 is 0 Å². The van der Waals surface area contributed by atoms with Crippen molar-refractivity contribution in [2.75, 3.05) is 6.61 Å². The van der Waals surface area contributed by atoms with Gasteiger partial charge in [-0.1, -0.05) is 24.3 Å². The standard InChI is InChI=1S/C22H20N6O2/c1-3-29-17-8-10-18(11-9-17)30-13-15-4-6-16(7-5-15)20-25-22-19-12-24-27(2)21(19)23-14-28(22)26-20/h4-12,14H,3,13H2,1-2H3. The first-order valence-corrected chi connectivity index (χ1v) is 9.69. The van der Waals surface area contributed by atoms with Gasteiger partial charge in [0.05, 0.1) is 18.2 Å². The Labute approximate surface area is 172 Å². The summed E-state index contributed by atoms with van der Waals surface area (Å²) in [7, 11) is 1.86. The van der Waals surface area contributed by atoms with Crippen LogP contribution in [0.4, 0.5) is 0 Å². The molecule has 3 aromatic heterocycles. The number of hydrogen-bond acceptors (Lipinski definition) is 6. The fraction of sp³-hybridized carbons (Fsp3) is 0.182. The topological polar surface area (TPSA) is 79.4 Å². The highest BCUT2D eigenvalue weighted by Gasteiger charge is 2.12. The minimum atomic E-state index is 0.479. The van der Waals surface area contributed by atoms with Gasteiger partial charge in [0.1, 0.15) is 24.4 Å². The molecule has 0 unspecified atom stereocenters. The van der Waals surface area contributed by atoms with E-state index in [9.17, 15) is 0 Å². The van der Waals surface area contributed by atoms with Gasteiger partial charge in [-0.3, -0.25) is 4.68 Å². The van der Waals surface area contributed by atoms with E-state index in [4.69, 9.17) is 9.47 Å². The van der Waals surface area contributed by atoms with E-state index >= 15 is 0 Å². The Bertz CT molecular complexity index is 1310. The monoisotopic (exact) mass is 400 g/mol. The number of rotatable bonds is 6. The molecule has 8 heteroatoms. The first-order chi connectivity index (χ1) is 14.7. The molecule has 0 bridgehead atoms.